The van der Waals surface area contributed by atoms with Gasteiger partial charge in [-0.15, -0.1) is 5.48 Å². The highest BCUT2D eigenvalue weighted by Gasteiger charge is 2.10. The summed E-state index contributed by atoms with van der Waals surface area (Å²) < 4.78 is 8.28. The minimum atomic E-state index is -1.37. The van der Waals surface area contributed by atoms with Crippen molar-refractivity contribution >= 4 is 18.2 Å². The van der Waals surface area contributed by atoms with E-state index < -0.39 is 18.2 Å². The van der Waals surface area contributed by atoms with Gasteiger partial charge >= 0.3 is 18.2 Å². The van der Waals surface area contributed by atoms with Gasteiger partial charge in [-0.25, -0.2) is 14.4 Å². The molecule has 0 aliphatic heterocycles. The van der Waals surface area contributed by atoms with Gasteiger partial charge in [0.05, 0.1) is 6.61 Å². The van der Waals surface area contributed by atoms with Crippen molar-refractivity contribution in [1.29, 1.82) is 0 Å². The predicted molar refractivity (Wildman–Crippen MR) is 42.9 cm³/mol. The number of ether oxygens (including phenoxy) is 2. The summed E-state index contributed by atoms with van der Waals surface area (Å²) in [5.74, 6) is -0.986. The largest absolute Gasteiger partial charge is 0.541 e. The van der Waals surface area contributed by atoms with Gasteiger partial charge < -0.3 is 14.3 Å². The molecule has 0 radical (unpaired) electrons. The van der Waals surface area contributed by atoms with E-state index in [1.807, 2.05) is 0 Å². The highest BCUT2D eigenvalue weighted by Crippen LogP contribution is 1.85. The van der Waals surface area contributed by atoms with Gasteiger partial charge in [-0.3, -0.25) is 0 Å². The van der Waals surface area contributed by atoms with Gasteiger partial charge in [-0.05, 0) is 6.92 Å². The van der Waals surface area contributed by atoms with Gasteiger partial charge in [-0.2, -0.15) is 0 Å². The summed E-state index contributed by atoms with van der Waals surface area (Å²) in [6.07, 6.45) is -1.57. The molecule has 0 aliphatic rings. The molecule has 0 aromatic carbocycles. The maximum absolute atomic E-state index is 10.5. The fourth-order valence-corrected chi connectivity index (χ4v) is 0.389. The minimum Gasteiger partial charge on any atom is -0.448 e. The van der Waals surface area contributed by atoms with Gasteiger partial charge in [0, 0.05) is 6.08 Å². The molecule has 0 aliphatic carbocycles. The van der Waals surface area contributed by atoms with Crippen molar-refractivity contribution in [2.75, 3.05) is 6.61 Å². The van der Waals surface area contributed by atoms with Crippen molar-refractivity contribution in [2.24, 2.45) is 0 Å². The summed E-state index contributed by atoms with van der Waals surface area (Å²) in [6, 6.07) is 0. The number of carbonyl (C=O) groups is 3. The Morgan fingerprint density at radius 1 is 1.43 bits per heavy atom. The molecule has 78 valence electrons. The fraction of sp³-hybridized carbons (Fsp3) is 0.286. The van der Waals surface area contributed by atoms with Crippen LogP contribution in [-0.4, -0.2) is 24.8 Å². The number of amides is 1. The fourth-order valence-electron chi connectivity index (χ4n) is 0.389. The van der Waals surface area contributed by atoms with E-state index in [4.69, 9.17) is 0 Å². The summed E-state index contributed by atoms with van der Waals surface area (Å²) in [5.41, 5.74) is 1.59. The van der Waals surface area contributed by atoms with Crippen molar-refractivity contribution in [3.8, 4) is 0 Å². The molecule has 0 saturated carbocycles. The van der Waals surface area contributed by atoms with Crippen LogP contribution in [0.25, 0.3) is 0 Å². The molecule has 0 heterocycles. The number of esters is 1. The van der Waals surface area contributed by atoms with Gasteiger partial charge in [0.2, 0.25) is 0 Å². The highest BCUT2D eigenvalue weighted by atomic mass is 16.8. The third kappa shape index (κ3) is 5.58. The van der Waals surface area contributed by atoms with Crippen LogP contribution in [0.2, 0.25) is 0 Å². The third-order valence-corrected chi connectivity index (χ3v) is 0.844. The summed E-state index contributed by atoms with van der Waals surface area (Å²) in [6.45, 7) is 4.73. The smallest absolute Gasteiger partial charge is 0.448 e. The molecule has 0 aromatic rings. The average molecular weight is 203 g/mol. The predicted octanol–water partition coefficient (Wildman–Crippen LogP) is 0.513. The molecule has 0 saturated heterocycles. The molecular formula is C7H9NO6. The second-order valence-electron chi connectivity index (χ2n) is 1.80. The van der Waals surface area contributed by atoms with Crippen LogP contribution in [0.4, 0.5) is 9.59 Å². The van der Waals surface area contributed by atoms with E-state index in [1.165, 1.54) is 0 Å². The van der Waals surface area contributed by atoms with E-state index in [9.17, 15) is 14.4 Å². The van der Waals surface area contributed by atoms with Crippen LogP contribution in [0, 0.1) is 0 Å². The first kappa shape index (κ1) is 11.9. The molecule has 1 amide bonds. The Morgan fingerprint density at radius 3 is 2.57 bits per heavy atom. The zero-order valence-electron chi connectivity index (χ0n) is 7.44. The van der Waals surface area contributed by atoms with Crippen LogP contribution in [0.3, 0.4) is 0 Å². The molecular weight excluding hydrogens is 194 g/mol. The summed E-state index contributed by atoms with van der Waals surface area (Å²) in [7, 11) is 0. The zero-order chi connectivity index (χ0) is 11.0. The Balaban J connectivity index is 3.68. The lowest BCUT2D eigenvalue weighted by Gasteiger charge is -2.03. The number of nitrogens with one attached hydrogen (secondary N) is 1. The maximum Gasteiger partial charge on any atom is 0.541 e. The summed E-state index contributed by atoms with van der Waals surface area (Å²) in [4.78, 5) is 35.5. The monoisotopic (exact) mass is 203 g/mol. The second kappa shape index (κ2) is 6.46. The Kier molecular flexibility index (Phi) is 5.52. The molecule has 0 spiro atoms. The van der Waals surface area contributed by atoms with Crippen molar-refractivity contribution in [2.45, 2.75) is 6.92 Å². The van der Waals surface area contributed by atoms with E-state index in [0.717, 1.165) is 6.08 Å². The molecule has 0 rings (SSSR count). The van der Waals surface area contributed by atoms with Crippen molar-refractivity contribution in [3.05, 3.63) is 12.7 Å². The number of rotatable bonds is 2. The van der Waals surface area contributed by atoms with Crippen molar-refractivity contribution in [3.63, 3.8) is 0 Å². The lowest BCUT2D eigenvalue weighted by Crippen LogP contribution is -2.28. The second-order valence-corrected chi connectivity index (χ2v) is 1.80. The first-order valence-electron chi connectivity index (χ1n) is 3.58. The van der Waals surface area contributed by atoms with Gasteiger partial charge in [-0.1, -0.05) is 6.58 Å². The molecule has 7 heteroatoms. The molecule has 7 nitrogen and oxygen atoms in total. The molecule has 0 fully saturated rings. The quantitative estimate of drug-likeness (QED) is 0.304. The molecule has 0 atom stereocenters. The molecule has 0 unspecified atom stereocenters. The Morgan fingerprint density at radius 2 is 2.07 bits per heavy atom. The van der Waals surface area contributed by atoms with E-state index >= 15 is 0 Å². The lowest BCUT2D eigenvalue weighted by atomic mass is 10.7. The van der Waals surface area contributed by atoms with Crippen molar-refractivity contribution < 1.29 is 28.7 Å². The Bertz CT molecular complexity index is 249. The van der Waals surface area contributed by atoms with Gasteiger partial charge in [0.15, 0.2) is 0 Å². The first-order valence-corrected chi connectivity index (χ1v) is 3.58. The molecule has 14 heavy (non-hydrogen) atoms. The highest BCUT2D eigenvalue weighted by molar-refractivity contribution is 5.89. The summed E-state index contributed by atoms with van der Waals surface area (Å²) >= 11 is 0. The van der Waals surface area contributed by atoms with Crippen LogP contribution < -0.4 is 5.48 Å². The zero-order valence-corrected chi connectivity index (χ0v) is 7.44. The maximum atomic E-state index is 10.5. The SMILES string of the molecule is C=CC(=O)OC(=O)ONC(=O)OCC. The van der Waals surface area contributed by atoms with Gasteiger partial charge in [0.1, 0.15) is 0 Å². The normalized spacial score (nSPS) is 8.36. The topological polar surface area (TPSA) is 90.9 Å². The van der Waals surface area contributed by atoms with Crippen LogP contribution in [-0.2, 0) is 19.1 Å². The number of hydrogen-bond donors (Lipinski definition) is 1. The van der Waals surface area contributed by atoms with E-state index in [-0.39, 0.29) is 6.61 Å². The van der Waals surface area contributed by atoms with E-state index in [1.54, 1.807) is 12.4 Å². The Hall–Kier alpha value is -2.05. The molecule has 0 aromatic heterocycles. The van der Waals surface area contributed by atoms with Crippen LogP contribution in [0.5, 0.6) is 0 Å². The van der Waals surface area contributed by atoms with Crippen LogP contribution in [0.15, 0.2) is 12.7 Å². The molecule has 0 bridgehead atoms. The Labute approximate surface area is 79.6 Å². The third-order valence-electron chi connectivity index (χ3n) is 0.844. The van der Waals surface area contributed by atoms with Crippen molar-refractivity contribution in [1.82, 2.24) is 5.48 Å². The summed E-state index contributed by atoms with van der Waals surface area (Å²) in [5, 5.41) is 0. The first-order chi connectivity index (χ1) is 6.60. The average Bonchev–Trinajstić information content (AvgIpc) is 2.15. The standard InChI is InChI=1S/C7H9NO6/c1-3-5(9)13-7(11)14-8-6(10)12-4-2/h3H,1,4H2,2H3,(H,8,10). The van der Waals surface area contributed by atoms with E-state index in [0.29, 0.717) is 0 Å². The number of carbonyl (C=O) groups excluding carboxylic acids is 3. The lowest BCUT2D eigenvalue weighted by molar-refractivity contribution is -0.135. The van der Waals surface area contributed by atoms with E-state index in [2.05, 4.69) is 20.9 Å². The number of hydroxylamine groups is 1. The minimum absolute atomic E-state index is 0.121. The van der Waals surface area contributed by atoms with Crippen LogP contribution >= 0.6 is 0 Å². The van der Waals surface area contributed by atoms with Gasteiger partial charge in [0.25, 0.3) is 0 Å². The number of hydrogen-bond acceptors (Lipinski definition) is 6. The molecule has 1 N–H and O–H groups in total. The van der Waals surface area contributed by atoms with Crippen LogP contribution in [0.1, 0.15) is 6.92 Å².